The van der Waals surface area contributed by atoms with Crippen molar-refractivity contribution in [1.29, 1.82) is 0 Å². The van der Waals surface area contributed by atoms with Crippen LogP contribution >= 0.6 is 0 Å². The highest BCUT2D eigenvalue weighted by Gasteiger charge is 2.48. The number of hydrogen-bond acceptors (Lipinski definition) is 5. The maximum absolute atomic E-state index is 12.1. The van der Waals surface area contributed by atoms with Gasteiger partial charge in [-0.2, -0.15) is 5.10 Å². The van der Waals surface area contributed by atoms with E-state index in [0.717, 1.165) is 6.42 Å². The summed E-state index contributed by atoms with van der Waals surface area (Å²) in [6, 6.07) is 0. The van der Waals surface area contributed by atoms with Crippen molar-refractivity contribution < 1.29 is 10.0 Å². The van der Waals surface area contributed by atoms with E-state index >= 15 is 0 Å². The van der Waals surface area contributed by atoms with Gasteiger partial charge in [0.1, 0.15) is 11.7 Å². The smallest absolute Gasteiger partial charge is 0.234 e. The lowest BCUT2D eigenvalue weighted by Gasteiger charge is -2.38. The molecule has 0 aliphatic heterocycles. The van der Waals surface area contributed by atoms with Crippen LogP contribution in [0, 0.1) is 5.41 Å². The Kier molecular flexibility index (Phi) is 3.17. The van der Waals surface area contributed by atoms with Gasteiger partial charge in [-0.25, -0.2) is 4.98 Å². The summed E-state index contributed by atoms with van der Waals surface area (Å²) in [5, 5.41) is 18.5. The number of aryl methyl sites for hydroxylation is 1. The van der Waals surface area contributed by atoms with Crippen LogP contribution in [0.3, 0.4) is 0 Å². The standard InChI is InChI=1S/C10H16N6O2/c1-16-6-13-7(14-16)5-12-9(17)10(3-2-4-10)8(11)15-18/h6,18H,2-5H2,1H3,(H2,11,15)(H,12,17). The predicted octanol–water partition coefficient (Wildman–Crippen LogP) is -0.652. The lowest BCUT2D eigenvalue weighted by atomic mass is 9.67. The Balaban J connectivity index is 1.99. The minimum absolute atomic E-state index is 0.0276. The van der Waals surface area contributed by atoms with Crippen LogP contribution in [0.4, 0.5) is 0 Å². The number of rotatable bonds is 4. The van der Waals surface area contributed by atoms with Gasteiger partial charge in [-0.3, -0.25) is 9.48 Å². The normalized spacial score (nSPS) is 18.2. The molecule has 0 aromatic carbocycles. The van der Waals surface area contributed by atoms with Gasteiger partial charge in [-0.15, -0.1) is 0 Å². The van der Waals surface area contributed by atoms with Crippen molar-refractivity contribution in [3.05, 3.63) is 12.2 Å². The molecule has 0 bridgehead atoms. The molecule has 18 heavy (non-hydrogen) atoms. The molecular formula is C10H16N6O2. The summed E-state index contributed by atoms with van der Waals surface area (Å²) in [4.78, 5) is 16.1. The number of amides is 1. The Hall–Kier alpha value is -2.12. The highest BCUT2D eigenvalue weighted by Crippen LogP contribution is 2.41. The molecule has 0 spiro atoms. The van der Waals surface area contributed by atoms with Gasteiger partial charge < -0.3 is 16.3 Å². The number of hydrogen-bond donors (Lipinski definition) is 3. The molecule has 0 unspecified atom stereocenters. The SMILES string of the molecule is Cn1cnc(CNC(=O)C2(C(N)=NO)CCC2)n1. The molecule has 8 nitrogen and oxygen atoms in total. The monoisotopic (exact) mass is 252 g/mol. The summed E-state index contributed by atoms with van der Waals surface area (Å²) in [5.41, 5.74) is 4.73. The summed E-state index contributed by atoms with van der Waals surface area (Å²) in [5.74, 6) is 0.261. The summed E-state index contributed by atoms with van der Waals surface area (Å²) in [6.07, 6.45) is 3.66. The number of carbonyl (C=O) groups excluding carboxylic acids is 1. The number of carbonyl (C=O) groups is 1. The van der Waals surface area contributed by atoms with Crippen molar-refractivity contribution in [1.82, 2.24) is 20.1 Å². The fourth-order valence-electron chi connectivity index (χ4n) is 2.02. The third kappa shape index (κ3) is 2.01. The van der Waals surface area contributed by atoms with Crippen LogP contribution < -0.4 is 11.1 Å². The molecule has 4 N–H and O–H groups in total. The zero-order valence-corrected chi connectivity index (χ0v) is 10.1. The van der Waals surface area contributed by atoms with E-state index in [0.29, 0.717) is 18.7 Å². The lowest BCUT2D eigenvalue weighted by Crippen LogP contribution is -2.53. The summed E-state index contributed by atoms with van der Waals surface area (Å²) in [7, 11) is 1.75. The van der Waals surface area contributed by atoms with E-state index in [-0.39, 0.29) is 18.3 Å². The van der Waals surface area contributed by atoms with Gasteiger partial charge in [-0.05, 0) is 12.8 Å². The molecule has 1 aromatic heterocycles. The van der Waals surface area contributed by atoms with Crippen molar-refractivity contribution >= 4 is 11.7 Å². The molecule has 1 aromatic rings. The second-order valence-electron chi connectivity index (χ2n) is 4.44. The number of aromatic nitrogens is 3. The fraction of sp³-hybridized carbons (Fsp3) is 0.600. The van der Waals surface area contributed by atoms with Crippen molar-refractivity contribution in [3.8, 4) is 0 Å². The van der Waals surface area contributed by atoms with Crippen molar-refractivity contribution in [2.75, 3.05) is 0 Å². The number of oxime groups is 1. The van der Waals surface area contributed by atoms with E-state index in [4.69, 9.17) is 10.9 Å². The number of amidine groups is 1. The molecule has 1 fully saturated rings. The number of nitrogens with one attached hydrogen (secondary N) is 1. The molecule has 1 saturated carbocycles. The van der Waals surface area contributed by atoms with E-state index < -0.39 is 5.41 Å². The minimum Gasteiger partial charge on any atom is -0.409 e. The van der Waals surface area contributed by atoms with Crippen LogP contribution in [-0.4, -0.2) is 31.7 Å². The topological polar surface area (TPSA) is 118 Å². The molecular weight excluding hydrogens is 236 g/mol. The first kappa shape index (κ1) is 12.3. The van der Waals surface area contributed by atoms with Crippen LogP contribution in [0.15, 0.2) is 11.5 Å². The zero-order chi connectivity index (χ0) is 13.2. The molecule has 0 atom stereocenters. The minimum atomic E-state index is -0.858. The number of nitrogens with zero attached hydrogens (tertiary/aromatic N) is 4. The van der Waals surface area contributed by atoms with E-state index in [1.165, 1.54) is 0 Å². The first-order valence-corrected chi connectivity index (χ1v) is 5.69. The molecule has 0 saturated heterocycles. The summed E-state index contributed by atoms with van der Waals surface area (Å²) >= 11 is 0. The third-order valence-corrected chi connectivity index (χ3v) is 3.29. The van der Waals surface area contributed by atoms with Gasteiger partial charge in [0, 0.05) is 7.05 Å². The first-order chi connectivity index (χ1) is 8.58. The molecule has 2 rings (SSSR count). The molecule has 0 radical (unpaired) electrons. The molecule has 1 aliphatic carbocycles. The van der Waals surface area contributed by atoms with Gasteiger partial charge in [0.2, 0.25) is 5.91 Å². The van der Waals surface area contributed by atoms with Crippen molar-refractivity contribution in [3.63, 3.8) is 0 Å². The van der Waals surface area contributed by atoms with Gasteiger partial charge in [-0.1, -0.05) is 11.6 Å². The summed E-state index contributed by atoms with van der Waals surface area (Å²) in [6.45, 7) is 0.236. The van der Waals surface area contributed by atoms with Gasteiger partial charge in [0.15, 0.2) is 11.7 Å². The van der Waals surface area contributed by atoms with Crippen molar-refractivity contribution in [2.45, 2.75) is 25.8 Å². The van der Waals surface area contributed by atoms with Gasteiger partial charge in [0.25, 0.3) is 0 Å². The molecule has 98 valence electrons. The van der Waals surface area contributed by atoms with Gasteiger partial charge in [0.05, 0.1) is 6.54 Å². The maximum Gasteiger partial charge on any atom is 0.234 e. The highest BCUT2D eigenvalue weighted by atomic mass is 16.4. The Morgan fingerprint density at radius 1 is 1.72 bits per heavy atom. The van der Waals surface area contributed by atoms with Crippen LogP contribution in [0.5, 0.6) is 0 Å². The molecule has 1 amide bonds. The summed E-state index contributed by atoms with van der Waals surface area (Å²) < 4.78 is 1.56. The second kappa shape index (κ2) is 4.63. The van der Waals surface area contributed by atoms with E-state index in [2.05, 4.69) is 20.6 Å². The van der Waals surface area contributed by atoms with Crippen LogP contribution in [0.25, 0.3) is 0 Å². The Morgan fingerprint density at radius 2 is 2.44 bits per heavy atom. The second-order valence-corrected chi connectivity index (χ2v) is 4.44. The number of nitrogens with two attached hydrogens (primary N) is 1. The quantitative estimate of drug-likeness (QED) is 0.285. The van der Waals surface area contributed by atoms with Crippen LogP contribution in [-0.2, 0) is 18.4 Å². The molecule has 1 heterocycles. The average molecular weight is 252 g/mol. The van der Waals surface area contributed by atoms with Crippen molar-refractivity contribution in [2.24, 2.45) is 23.4 Å². The first-order valence-electron chi connectivity index (χ1n) is 5.69. The molecule has 1 aliphatic rings. The van der Waals surface area contributed by atoms with Gasteiger partial charge >= 0.3 is 0 Å². The van der Waals surface area contributed by atoms with Crippen LogP contribution in [0.1, 0.15) is 25.1 Å². The highest BCUT2D eigenvalue weighted by molar-refractivity contribution is 6.07. The maximum atomic E-state index is 12.1. The zero-order valence-electron chi connectivity index (χ0n) is 10.1. The largest absolute Gasteiger partial charge is 0.409 e. The average Bonchev–Trinajstić information content (AvgIpc) is 2.70. The van der Waals surface area contributed by atoms with E-state index in [1.807, 2.05) is 0 Å². The Bertz CT molecular complexity index is 476. The van der Waals surface area contributed by atoms with E-state index in [1.54, 1.807) is 18.1 Å². The third-order valence-electron chi connectivity index (χ3n) is 3.29. The van der Waals surface area contributed by atoms with E-state index in [9.17, 15) is 4.79 Å². The fourth-order valence-corrected chi connectivity index (χ4v) is 2.02. The molecule has 8 heteroatoms. The van der Waals surface area contributed by atoms with Crippen LogP contribution in [0.2, 0.25) is 0 Å². The Labute approximate surface area is 104 Å². The predicted molar refractivity (Wildman–Crippen MR) is 62.5 cm³/mol. The lowest BCUT2D eigenvalue weighted by molar-refractivity contribution is -0.131. The Morgan fingerprint density at radius 3 is 2.89 bits per heavy atom.